The van der Waals surface area contributed by atoms with Crippen LogP contribution in [0.4, 0.5) is 5.13 Å². The highest BCUT2D eigenvalue weighted by molar-refractivity contribution is 7.13. The van der Waals surface area contributed by atoms with E-state index in [0.717, 1.165) is 16.4 Å². The molecule has 0 amide bonds. The predicted octanol–water partition coefficient (Wildman–Crippen LogP) is 4.35. The highest BCUT2D eigenvalue weighted by Crippen LogP contribution is 2.33. The number of halogens is 1. The van der Waals surface area contributed by atoms with Gasteiger partial charge in [0.1, 0.15) is 0 Å². The van der Waals surface area contributed by atoms with Gasteiger partial charge >= 0.3 is 0 Å². The Morgan fingerprint density at radius 3 is 2.73 bits per heavy atom. The van der Waals surface area contributed by atoms with Crippen LogP contribution in [0.1, 0.15) is 25.1 Å². The molecule has 1 heterocycles. The van der Waals surface area contributed by atoms with Crippen molar-refractivity contribution in [1.29, 1.82) is 0 Å². The topological polar surface area (TPSA) is 55.7 Å². The van der Waals surface area contributed by atoms with E-state index in [2.05, 4.69) is 15.5 Å². The zero-order valence-corrected chi connectivity index (χ0v) is 14.5. The third-order valence-electron chi connectivity index (χ3n) is 2.63. The number of ether oxygens (including phenoxy) is 2. The van der Waals surface area contributed by atoms with Crippen molar-refractivity contribution in [2.24, 2.45) is 5.10 Å². The molecule has 0 aliphatic heterocycles. The zero-order valence-electron chi connectivity index (χ0n) is 12.9. The van der Waals surface area contributed by atoms with E-state index in [1.54, 1.807) is 25.5 Å². The van der Waals surface area contributed by atoms with Gasteiger partial charge in [0.05, 0.1) is 30.1 Å². The van der Waals surface area contributed by atoms with E-state index in [0.29, 0.717) is 16.5 Å². The number of nitrogens with one attached hydrogen (secondary N) is 1. The summed E-state index contributed by atoms with van der Waals surface area (Å²) in [5.41, 5.74) is 4.56. The number of rotatable bonds is 6. The van der Waals surface area contributed by atoms with Crippen LogP contribution >= 0.6 is 22.9 Å². The molecule has 0 spiro atoms. The molecule has 0 saturated heterocycles. The molecule has 5 nitrogen and oxygen atoms in total. The highest BCUT2D eigenvalue weighted by Gasteiger charge is 2.11. The minimum atomic E-state index is 0.0410. The first-order valence-corrected chi connectivity index (χ1v) is 8.00. The zero-order chi connectivity index (χ0) is 16.1. The summed E-state index contributed by atoms with van der Waals surface area (Å²) in [6.45, 7) is 5.83. The van der Waals surface area contributed by atoms with E-state index < -0.39 is 0 Å². The molecular formula is C15H18ClN3O2S. The summed E-state index contributed by atoms with van der Waals surface area (Å²) in [6, 6.07) is 3.52. The fraction of sp³-hybridized carbons (Fsp3) is 0.333. The summed E-state index contributed by atoms with van der Waals surface area (Å²) in [7, 11) is 1.59. The third kappa shape index (κ3) is 4.35. The number of aryl methyl sites for hydroxylation is 1. The molecule has 2 rings (SSSR count). The molecule has 22 heavy (non-hydrogen) atoms. The van der Waals surface area contributed by atoms with Crippen LogP contribution in [0, 0.1) is 6.92 Å². The van der Waals surface area contributed by atoms with Crippen molar-refractivity contribution in [2.45, 2.75) is 26.9 Å². The van der Waals surface area contributed by atoms with Crippen molar-refractivity contribution in [3.63, 3.8) is 0 Å². The SMILES string of the molecule is COc1cc(C=NNc2nc(C)cs2)c(Cl)cc1OC(C)C. The van der Waals surface area contributed by atoms with Crippen LogP contribution in [0.2, 0.25) is 5.02 Å². The average molecular weight is 340 g/mol. The molecular weight excluding hydrogens is 322 g/mol. The van der Waals surface area contributed by atoms with Gasteiger partial charge in [0, 0.05) is 17.0 Å². The number of aromatic nitrogens is 1. The first kappa shape index (κ1) is 16.6. The third-order valence-corrected chi connectivity index (χ3v) is 3.82. The molecule has 1 aromatic carbocycles. The van der Waals surface area contributed by atoms with Gasteiger partial charge < -0.3 is 9.47 Å². The van der Waals surface area contributed by atoms with Gasteiger partial charge in [-0.25, -0.2) is 4.98 Å². The van der Waals surface area contributed by atoms with E-state index in [1.165, 1.54) is 11.3 Å². The standard InChI is InChI=1S/C15H18ClN3O2S/c1-9(2)21-14-6-12(16)11(5-13(14)20-4)7-17-19-15-18-10(3)8-22-15/h5-9H,1-4H3,(H,18,19). The van der Waals surface area contributed by atoms with Crippen LogP contribution in [-0.2, 0) is 0 Å². The number of anilines is 1. The second-order valence-corrected chi connectivity index (χ2v) is 6.12. The van der Waals surface area contributed by atoms with Crippen molar-refractivity contribution in [2.75, 3.05) is 12.5 Å². The lowest BCUT2D eigenvalue weighted by molar-refractivity contribution is 0.230. The van der Waals surface area contributed by atoms with Gasteiger partial charge in [-0.2, -0.15) is 5.10 Å². The van der Waals surface area contributed by atoms with E-state index in [1.807, 2.05) is 26.2 Å². The largest absolute Gasteiger partial charge is 0.493 e. The smallest absolute Gasteiger partial charge is 0.203 e. The molecule has 2 aromatic rings. The summed E-state index contributed by atoms with van der Waals surface area (Å²) in [5.74, 6) is 1.23. The van der Waals surface area contributed by atoms with Crippen LogP contribution in [-0.4, -0.2) is 24.4 Å². The lowest BCUT2D eigenvalue weighted by atomic mass is 10.2. The van der Waals surface area contributed by atoms with Gasteiger partial charge in [-0.3, -0.25) is 5.43 Å². The Hall–Kier alpha value is -1.79. The number of hydrogen-bond donors (Lipinski definition) is 1. The van der Waals surface area contributed by atoms with Crippen molar-refractivity contribution in [1.82, 2.24) is 4.98 Å². The Balaban J connectivity index is 2.16. The predicted molar refractivity (Wildman–Crippen MR) is 91.8 cm³/mol. The quantitative estimate of drug-likeness (QED) is 0.628. The maximum absolute atomic E-state index is 6.26. The first-order chi connectivity index (χ1) is 10.5. The van der Waals surface area contributed by atoms with Crippen molar-refractivity contribution >= 4 is 34.3 Å². The monoisotopic (exact) mass is 339 g/mol. The molecule has 0 bridgehead atoms. The minimum absolute atomic E-state index is 0.0410. The maximum atomic E-state index is 6.26. The Labute approximate surface area is 138 Å². The van der Waals surface area contributed by atoms with Crippen LogP contribution in [0.25, 0.3) is 0 Å². The second kappa shape index (κ2) is 7.47. The number of hydrogen-bond acceptors (Lipinski definition) is 6. The summed E-state index contributed by atoms with van der Waals surface area (Å²) in [6.07, 6.45) is 1.67. The number of benzene rings is 1. The van der Waals surface area contributed by atoms with Crippen molar-refractivity contribution in [3.8, 4) is 11.5 Å². The Kier molecular flexibility index (Phi) is 5.63. The summed E-state index contributed by atoms with van der Waals surface area (Å²) < 4.78 is 11.0. The minimum Gasteiger partial charge on any atom is -0.493 e. The maximum Gasteiger partial charge on any atom is 0.203 e. The molecule has 0 saturated carbocycles. The summed E-state index contributed by atoms with van der Waals surface area (Å²) in [5, 5.41) is 7.37. The average Bonchev–Trinajstić information content (AvgIpc) is 2.86. The van der Waals surface area contributed by atoms with E-state index >= 15 is 0 Å². The number of hydrazone groups is 1. The first-order valence-electron chi connectivity index (χ1n) is 6.75. The molecule has 1 aromatic heterocycles. The molecule has 0 aliphatic carbocycles. The Bertz CT molecular complexity index is 671. The molecule has 1 N–H and O–H groups in total. The lowest BCUT2D eigenvalue weighted by Crippen LogP contribution is -2.07. The van der Waals surface area contributed by atoms with Crippen LogP contribution in [0.15, 0.2) is 22.6 Å². The van der Waals surface area contributed by atoms with Crippen molar-refractivity contribution < 1.29 is 9.47 Å². The molecule has 0 atom stereocenters. The van der Waals surface area contributed by atoms with Gasteiger partial charge in [-0.15, -0.1) is 11.3 Å². The summed E-state index contributed by atoms with van der Waals surface area (Å²) >= 11 is 7.75. The van der Waals surface area contributed by atoms with E-state index in [-0.39, 0.29) is 6.10 Å². The van der Waals surface area contributed by atoms with E-state index in [9.17, 15) is 0 Å². The number of nitrogens with zero attached hydrogens (tertiary/aromatic N) is 2. The number of thiazole rings is 1. The van der Waals surface area contributed by atoms with Gasteiger partial charge in [-0.1, -0.05) is 11.6 Å². The van der Waals surface area contributed by atoms with Crippen LogP contribution < -0.4 is 14.9 Å². The van der Waals surface area contributed by atoms with Gasteiger partial charge in [0.15, 0.2) is 11.5 Å². The molecule has 0 fully saturated rings. The lowest BCUT2D eigenvalue weighted by Gasteiger charge is -2.14. The fourth-order valence-corrected chi connectivity index (χ4v) is 2.56. The molecule has 118 valence electrons. The Morgan fingerprint density at radius 2 is 2.14 bits per heavy atom. The fourth-order valence-electron chi connectivity index (χ4n) is 1.72. The molecule has 0 radical (unpaired) electrons. The van der Waals surface area contributed by atoms with Gasteiger partial charge in [0.2, 0.25) is 5.13 Å². The van der Waals surface area contributed by atoms with Crippen molar-refractivity contribution in [3.05, 3.63) is 33.8 Å². The van der Waals surface area contributed by atoms with E-state index in [4.69, 9.17) is 21.1 Å². The summed E-state index contributed by atoms with van der Waals surface area (Å²) in [4.78, 5) is 4.26. The van der Waals surface area contributed by atoms with Gasteiger partial charge in [0.25, 0.3) is 0 Å². The van der Waals surface area contributed by atoms with Crippen LogP contribution in [0.5, 0.6) is 11.5 Å². The molecule has 7 heteroatoms. The Morgan fingerprint density at radius 1 is 1.36 bits per heavy atom. The second-order valence-electron chi connectivity index (χ2n) is 4.86. The number of methoxy groups -OCH3 is 1. The molecule has 0 aliphatic rings. The van der Waals surface area contributed by atoms with Gasteiger partial charge in [-0.05, 0) is 26.8 Å². The van der Waals surface area contributed by atoms with Crippen LogP contribution in [0.3, 0.4) is 0 Å². The normalized spacial score (nSPS) is 11.2. The highest BCUT2D eigenvalue weighted by atomic mass is 35.5. The molecule has 0 unspecified atom stereocenters.